The average molecular weight is 652 g/mol. The first kappa shape index (κ1) is 26.0. The second-order valence-corrected chi connectivity index (χ2v) is 11.2. The van der Waals surface area contributed by atoms with E-state index in [1.165, 1.54) is 0 Å². The molecule has 40 heavy (non-hydrogen) atoms. The predicted octanol–water partition coefficient (Wildman–Crippen LogP) is 8.18. The SMILES string of the molecule is Oc1ccc(-c2ccc(Br)cc2)cc1-[n+]1ccc(-c2cc[n+](-c3cc(-c4ccc(Br)cc4)ccc3O)cc2)cc1. The maximum atomic E-state index is 10.6. The van der Waals surface area contributed by atoms with E-state index in [2.05, 4.69) is 31.9 Å². The summed E-state index contributed by atoms with van der Waals surface area (Å²) in [5.41, 5.74) is 7.70. The normalized spacial score (nSPS) is 10.9. The summed E-state index contributed by atoms with van der Waals surface area (Å²) in [7, 11) is 0. The molecule has 0 saturated heterocycles. The molecule has 0 aliphatic carbocycles. The average Bonchev–Trinajstić information content (AvgIpc) is 2.99. The first-order valence-corrected chi connectivity index (χ1v) is 14.2. The van der Waals surface area contributed by atoms with Crippen molar-refractivity contribution in [2.75, 3.05) is 0 Å². The van der Waals surface area contributed by atoms with Crippen molar-refractivity contribution in [1.29, 1.82) is 0 Å². The van der Waals surface area contributed by atoms with Crippen molar-refractivity contribution in [3.63, 3.8) is 0 Å². The second kappa shape index (κ2) is 11.1. The molecule has 0 fully saturated rings. The van der Waals surface area contributed by atoms with Crippen LogP contribution in [0.2, 0.25) is 0 Å². The number of phenolic OH excluding ortho intramolecular Hbond substituents is 2. The van der Waals surface area contributed by atoms with Crippen molar-refractivity contribution < 1.29 is 19.3 Å². The number of halogens is 2. The summed E-state index contributed by atoms with van der Waals surface area (Å²) in [6.07, 6.45) is 7.79. The van der Waals surface area contributed by atoms with E-state index >= 15 is 0 Å². The third-order valence-electron chi connectivity index (χ3n) is 6.85. The van der Waals surface area contributed by atoms with Gasteiger partial charge in [-0.3, -0.25) is 0 Å². The molecule has 0 atom stereocenters. The number of hydrogen-bond acceptors (Lipinski definition) is 2. The van der Waals surface area contributed by atoms with Crippen molar-refractivity contribution >= 4 is 31.9 Å². The quantitative estimate of drug-likeness (QED) is 0.185. The molecule has 0 aliphatic rings. The fourth-order valence-electron chi connectivity index (χ4n) is 4.66. The van der Waals surface area contributed by atoms with E-state index in [1.807, 2.05) is 131 Å². The summed E-state index contributed by atoms with van der Waals surface area (Å²) in [5, 5.41) is 21.2. The minimum Gasteiger partial charge on any atom is -0.502 e. The Labute approximate surface area is 249 Å². The smallest absolute Gasteiger partial charge is 0.253 e. The number of nitrogens with zero attached hydrogens (tertiary/aromatic N) is 2. The Morgan fingerprint density at radius 2 is 0.675 bits per heavy atom. The van der Waals surface area contributed by atoms with Gasteiger partial charge in [-0.1, -0.05) is 68.3 Å². The van der Waals surface area contributed by atoms with E-state index in [0.717, 1.165) is 42.3 Å². The first-order chi connectivity index (χ1) is 19.4. The molecule has 0 unspecified atom stereocenters. The molecule has 0 amide bonds. The molecule has 0 saturated carbocycles. The molecule has 6 rings (SSSR count). The highest BCUT2D eigenvalue weighted by molar-refractivity contribution is 9.10. The maximum Gasteiger partial charge on any atom is 0.253 e. The van der Waals surface area contributed by atoms with Gasteiger partial charge in [-0.25, -0.2) is 0 Å². The Balaban J connectivity index is 1.26. The van der Waals surface area contributed by atoms with Crippen LogP contribution in [0.4, 0.5) is 0 Å². The molecule has 2 aromatic heterocycles. The van der Waals surface area contributed by atoms with Crippen molar-refractivity contribution in [3.8, 4) is 56.3 Å². The van der Waals surface area contributed by atoms with Gasteiger partial charge in [0.15, 0.2) is 36.3 Å². The standard InChI is InChI=1S/C34H22Br2N2O2/c35-29-7-1-23(2-8-29)27-5-11-33(39)31(21-27)37-17-13-25(14-18-37)26-15-19-38(20-16-26)32-22-28(6-12-34(32)40)24-3-9-30(36)10-4-24/h1-22H/p+2. The fourth-order valence-corrected chi connectivity index (χ4v) is 5.19. The van der Waals surface area contributed by atoms with Crippen LogP contribution in [-0.4, -0.2) is 10.2 Å². The number of aromatic hydroxyl groups is 2. The number of phenols is 2. The number of rotatable bonds is 5. The summed E-state index contributed by atoms with van der Waals surface area (Å²) in [4.78, 5) is 0. The van der Waals surface area contributed by atoms with Crippen molar-refractivity contribution in [3.05, 3.63) is 143 Å². The van der Waals surface area contributed by atoms with E-state index in [9.17, 15) is 10.2 Å². The highest BCUT2D eigenvalue weighted by Gasteiger charge is 2.17. The Bertz CT molecular complexity index is 1660. The van der Waals surface area contributed by atoms with Crippen LogP contribution in [0.15, 0.2) is 143 Å². The molecule has 194 valence electrons. The van der Waals surface area contributed by atoms with E-state index in [-0.39, 0.29) is 11.5 Å². The van der Waals surface area contributed by atoms with Gasteiger partial charge >= 0.3 is 0 Å². The molecule has 6 heteroatoms. The molecule has 2 N–H and O–H groups in total. The van der Waals surface area contributed by atoms with Gasteiger partial charge < -0.3 is 10.2 Å². The Morgan fingerprint density at radius 3 is 1.02 bits per heavy atom. The van der Waals surface area contributed by atoms with E-state index in [0.29, 0.717) is 11.4 Å². The minimum atomic E-state index is 0.213. The minimum absolute atomic E-state index is 0.213. The lowest BCUT2D eigenvalue weighted by Gasteiger charge is -2.06. The number of pyridine rings is 2. The summed E-state index contributed by atoms with van der Waals surface area (Å²) in [6.45, 7) is 0. The van der Waals surface area contributed by atoms with E-state index in [1.54, 1.807) is 12.1 Å². The van der Waals surface area contributed by atoms with Gasteiger partial charge in [0.25, 0.3) is 11.4 Å². The molecule has 0 radical (unpaired) electrons. The zero-order valence-electron chi connectivity index (χ0n) is 21.2. The lowest BCUT2D eigenvalue weighted by molar-refractivity contribution is -0.596. The Hall–Kier alpha value is -4.26. The van der Waals surface area contributed by atoms with Crippen molar-refractivity contribution in [2.24, 2.45) is 0 Å². The van der Waals surface area contributed by atoms with Crippen LogP contribution in [0.3, 0.4) is 0 Å². The van der Waals surface area contributed by atoms with Gasteiger partial charge in [-0.2, -0.15) is 9.13 Å². The molecule has 0 aliphatic heterocycles. The van der Waals surface area contributed by atoms with Gasteiger partial charge in [0.2, 0.25) is 0 Å². The van der Waals surface area contributed by atoms with Crippen LogP contribution in [-0.2, 0) is 0 Å². The molecule has 4 aromatic carbocycles. The number of aromatic nitrogens is 2. The fraction of sp³-hybridized carbons (Fsp3) is 0. The Kier molecular flexibility index (Phi) is 7.20. The maximum absolute atomic E-state index is 10.6. The third kappa shape index (κ3) is 5.41. The third-order valence-corrected chi connectivity index (χ3v) is 7.91. The topological polar surface area (TPSA) is 48.2 Å². The van der Waals surface area contributed by atoms with Gasteiger partial charge in [-0.05, 0) is 69.8 Å². The second-order valence-electron chi connectivity index (χ2n) is 9.41. The molecule has 4 nitrogen and oxygen atoms in total. The monoisotopic (exact) mass is 650 g/mol. The summed E-state index contributed by atoms with van der Waals surface area (Å²) in [6, 6.07) is 35.6. The summed E-state index contributed by atoms with van der Waals surface area (Å²) >= 11 is 6.96. The molecule has 6 aromatic rings. The Morgan fingerprint density at radius 1 is 0.375 bits per heavy atom. The molecular weight excluding hydrogens is 628 g/mol. The highest BCUT2D eigenvalue weighted by atomic mass is 79.9. The van der Waals surface area contributed by atoms with Crippen LogP contribution >= 0.6 is 31.9 Å². The van der Waals surface area contributed by atoms with Gasteiger partial charge in [0, 0.05) is 45.3 Å². The largest absolute Gasteiger partial charge is 0.502 e. The van der Waals surface area contributed by atoms with Crippen LogP contribution in [0.1, 0.15) is 0 Å². The van der Waals surface area contributed by atoms with E-state index < -0.39 is 0 Å². The zero-order chi connectivity index (χ0) is 27.6. The van der Waals surface area contributed by atoms with Gasteiger partial charge in [0.05, 0.1) is 0 Å². The molecule has 0 bridgehead atoms. The number of hydrogen-bond donors (Lipinski definition) is 2. The van der Waals surface area contributed by atoms with Crippen LogP contribution < -0.4 is 9.13 Å². The van der Waals surface area contributed by atoms with Gasteiger partial charge in [0.1, 0.15) is 0 Å². The molecule has 0 spiro atoms. The first-order valence-electron chi connectivity index (χ1n) is 12.7. The highest BCUT2D eigenvalue weighted by Crippen LogP contribution is 2.29. The lowest BCUT2D eigenvalue weighted by Crippen LogP contribution is -2.30. The number of benzene rings is 4. The summed E-state index contributed by atoms with van der Waals surface area (Å²) < 4.78 is 5.88. The van der Waals surface area contributed by atoms with Crippen molar-refractivity contribution in [2.45, 2.75) is 0 Å². The van der Waals surface area contributed by atoms with Crippen LogP contribution in [0.25, 0.3) is 44.8 Å². The van der Waals surface area contributed by atoms with Crippen LogP contribution in [0, 0.1) is 0 Å². The van der Waals surface area contributed by atoms with Gasteiger partial charge in [-0.15, -0.1) is 0 Å². The molecule has 2 heterocycles. The van der Waals surface area contributed by atoms with Crippen molar-refractivity contribution in [1.82, 2.24) is 0 Å². The van der Waals surface area contributed by atoms with Crippen LogP contribution in [0.5, 0.6) is 11.5 Å². The van der Waals surface area contributed by atoms with E-state index in [4.69, 9.17) is 0 Å². The zero-order valence-corrected chi connectivity index (χ0v) is 24.4. The lowest BCUT2D eigenvalue weighted by atomic mass is 10.0. The predicted molar refractivity (Wildman–Crippen MR) is 165 cm³/mol. The molecular formula is C34H24Br2N2O2+2. The summed E-state index contributed by atoms with van der Waals surface area (Å²) in [5.74, 6) is 0.425.